The topological polar surface area (TPSA) is 76.2 Å². The fourth-order valence-corrected chi connectivity index (χ4v) is 4.60. The lowest BCUT2D eigenvalue weighted by atomic mass is 9.83. The number of hydrogen-bond donors (Lipinski definition) is 0. The highest BCUT2D eigenvalue weighted by Crippen LogP contribution is 2.41. The van der Waals surface area contributed by atoms with Gasteiger partial charge in [0.05, 0.1) is 19.1 Å². The zero-order valence-electron chi connectivity index (χ0n) is 20.9. The van der Waals surface area contributed by atoms with Gasteiger partial charge in [-0.25, -0.2) is 0 Å². The lowest BCUT2D eigenvalue weighted by molar-refractivity contribution is -0.162. The maximum absolute atomic E-state index is 13.3. The van der Waals surface area contributed by atoms with E-state index in [1.807, 2.05) is 61.5 Å². The van der Waals surface area contributed by atoms with Gasteiger partial charge in [0.1, 0.15) is 5.75 Å². The molecule has 1 heterocycles. The molecule has 35 heavy (non-hydrogen) atoms. The number of para-hydroxylation sites is 1. The Bertz CT molecular complexity index is 994. The summed E-state index contributed by atoms with van der Waals surface area (Å²) in [5, 5.41) is 0. The van der Waals surface area contributed by atoms with E-state index in [9.17, 15) is 14.4 Å². The summed E-state index contributed by atoms with van der Waals surface area (Å²) in [5.41, 5.74) is 1.80. The van der Waals surface area contributed by atoms with Gasteiger partial charge in [-0.1, -0.05) is 61.9 Å². The molecule has 3 rings (SSSR count). The standard InChI is InChI=1S/C28H36N2O5/c1-4-6-18-30-25(31)17-16-23(27(30)22-14-10-11-15-24(22)34-3)28(33)35-20-26(32)29(5-2)19-21-12-8-7-9-13-21/h7-15,23,27H,4-6,16-20H2,1-3H3. The third-order valence-electron chi connectivity index (χ3n) is 6.51. The van der Waals surface area contributed by atoms with Gasteiger partial charge in [-0.05, 0) is 31.4 Å². The maximum Gasteiger partial charge on any atom is 0.311 e. The molecule has 188 valence electrons. The van der Waals surface area contributed by atoms with E-state index in [4.69, 9.17) is 9.47 Å². The molecule has 1 aliphatic heterocycles. The second-order valence-electron chi connectivity index (χ2n) is 8.77. The Morgan fingerprint density at radius 1 is 1.06 bits per heavy atom. The Balaban J connectivity index is 1.76. The van der Waals surface area contributed by atoms with Crippen LogP contribution in [0, 0.1) is 5.92 Å². The molecule has 0 radical (unpaired) electrons. The largest absolute Gasteiger partial charge is 0.496 e. The van der Waals surface area contributed by atoms with Crippen LogP contribution in [0.15, 0.2) is 54.6 Å². The first kappa shape index (κ1) is 26.3. The second-order valence-corrected chi connectivity index (χ2v) is 8.77. The van der Waals surface area contributed by atoms with E-state index in [-0.39, 0.29) is 24.8 Å². The van der Waals surface area contributed by atoms with Crippen LogP contribution in [0.2, 0.25) is 0 Å². The van der Waals surface area contributed by atoms with Gasteiger partial charge >= 0.3 is 5.97 Å². The number of unbranched alkanes of at least 4 members (excludes halogenated alkanes) is 1. The predicted molar refractivity (Wildman–Crippen MR) is 134 cm³/mol. The smallest absolute Gasteiger partial charge is 0.311 e. The van der Waals surface area contributed by atoms with E-state index in [1.165, 1.54) is 0 Å². The van der Waals surface area contributed by atoms with Crippen LogP contribution < -0.4 is 4.74 Å². The zero-order valence-corrected chi connectivity index (χ0v) is 20.9. The number of carbonyl (C=O) groups excluding carboxylic acids is 3. The first-order chi connectivity index (χ1) is 17.0. The first-order valence-corrected chi connectivity index (χ1v) is 12.4. The van der Waals surface area contributed by atoms with Crippen LogP contribution in [0.1, 0.15) is 56.7 Å². The van der Waals surface area contributed by atoms with Crippen LogP contribution in [0.4, 0.5) is 0 Å². The number of likely N-dealkylation sites (N-methyl/N-ethyl adjacent to an activating group) is 1. The quantitative estimate of drug-likeness (QED) is 0.447. The van der Waals surface area contributed by atoms with Gasteiger partial charge in [-0.3, -0.25) is 14.4 Å². The van der Waals surface area contributed by atoms with Gasteiger partial charge in [0.25, 0.3) is 5.91 Å². The number of piperidine rings is 1. The van der Waals surface area contributed by atoms with Crippen molar-refractivity contribution < 1.29 is 23.9 Å². The highest BCUT2D eigenvalue weighted by atomic mass is 16.5. The molecule has 0 saturated carbocycles. The number of amides is 2. The normalized spacial score (nSPS) is 17.7. The van der Waals surface area contributed by atoms with Crippen molar-refractivity contribution in [1.29, 1.82) is 0 Å². The predicted octanol–water partition coefficient (Wildman–Crippen LogP) is 4.37. The number of nitrogens with zero attached hydrogens (tertiary/aromatic N) is 2. The van der Waals surface area contributed by atoms with Crippen LogP contribution in [-0.2, 0) is 25.7 Å². The average molecular weight is 481 g/mol. The van der Waals surface area contributed by atoms with Crippen molar-refractivity contribution in [2.75, 3.05) is 26.8 Å². The molecule has 0 N–H and O–H groups in total. The molecule has 2 atom stereocenters. The average Bonchev–Trinajstić information content (AvgIpc) is 2.89. The van der Waals surface area contributed by atoms with Crippen LogP contribution in [0.3, 0.4) is 0 Å². The summed E-state index contributed by atoms with van der Waals surface area (Å²) in [6.45, 7) is 5.18. The van der Waals surface area contributed by atoms with Crippen molar-refractivity contribution in [2.24, 2.45) is 5.92 Å². The molecule has 0 bridgehead atoms. The van der Waals surface area contributed by atoms with Crippen LogP contribution >= 0.6 is 0 Å². The molecular formula is C28H36N2O5. The minimum Gasteiger partial charge on any atom is -0.496 e. The Labute approximate surface area is 208 Å². The van der Waals surface area contributed by atoms with Crippen molar-refractivity contribution in [3.05, 3.63) is 65.7 Å². The fraction of sp³-hybridized carbons (Fsp3) is 0.464. The summed E-state index contributed by atoms with van der Waals surface area (Å²) < 4.78 is 11.1. The van der Waals surface area contributed by atoms with Crippen molar-refractivity contribution in [3.63, 3.8) is 0 Å². The van der Waals surface area contributed by atoms with Gasteiger partial charge in [0, 0.05) is 31.6 Å². The molecule has 2 unspecified atom stereocenters. The number of ether oxygens (including phenoxy) is 2. The van der Waals surface area contributed by atoms with Gasteiger partial charge in [0.2, 0.25) is 5.91 Å². The number of carbonyl (C=O) groups is 3. The third kappa shape index (κ3) is 6.62. The molecule has 2 aromatic carbocycles. The number of likely N-dealkylation sites (tertiary alicyclic amines) is 1. The minimum atomic E-state index is -0.571. The van der Waals surface area contributed by atoms with Gasteiger partial charge in [0.15, 0.2) is 6.61 Å². The van der Waals surface area contributed by atoms with Crippen LogP contribution in [-0.4, -0.2) is 54.4 Å². The lowest BCUT2D eigenvalue weighted by Crippen LogP contribution is -2.46. The minimum absolute atomic E-state index is 0.0227. The van der Waals surface area contributed by atoms with Crippen LogP contribution in [0.5, 0.6) is 5.75 Å². The monoisotopic (exact) mass is 480 g/mol. The van der Waals surface area contributed by atoms with E-state index in [2.05, 4.69) is 6.92 Å². The lowest BCUT2D eigenvalue weighted by Gasteiger charge is -2.41. The van der Waals surface area contributed by atoms with E-state index in [0.717, 1.165) is 24.0 Å². The molecule has 1 saturated heterocycles. The van der Waals surface area contributed by atoms with Crippen molar-refractivity contribution >= 4 is 17.8 Å². The maximum atomic E-state index is 13.3. The first-order valence-electron chi connectivity index (χ1n) is 12.4. The number of rotatable bonds is 11. The van der Waals surface area contributed by atoms with Crippen molar-refractivity contribution in [3.8, 4) is 5.75 Å². The zero-order chi connectivity index (χ0) is 25.2. The Morgan fingerprint density at radius 3 is 2.46 bits per heavy atom. The van der Waals surface area contributed by atoms with Gasteiger partial charge in [-0.15, -0.1) is 0 Å². The molecule has 2 aromatic rings. The van der Waals surface area contributed by atoms with E-state index in [1.54, 1.807) is 16.9 Å². The highest BCUT2D eigenvalue weighted by Gasteiger charge is 2.42. The number of benzene rings is 2. The third-order valence-corrected chi connectivity index (χ3v) is 6.51. The molecule has 0 aliphatic carbocycles. The highest BCUT2D eigenvalue weighted by molar-refractivity contribution is 5.85. The Hall–Kier alpha value is -3.35. The Kier molecular flexibility index (Phi) is 9.70. The summed E-state index contributed by atoms with van der Waals surface area (Å²) in [6, 6.07) is 16.7. The summed E-state index contributed by atoms with van der Waals surface area (Å²) >= 11 is 0. The summed E-state index contributed by atoms with van der Waals surface area (Å²) in [7, 11) is 1.58. The molecule has 7 nitrogen and oxygen atoms in total. The molecule has 0 spiro atoms. The molecule has 2 amide bonds. The van der Waals surface area contributed by atoms with Crippen molar-refractivity contribution in [1.82, 2.24) is 9.80 Å². The molecule has 0 aromatic heterocycles. The van der Waals surface area contributed by atoms with Crippen molar-refractivity contribution in [2.45, 2.75) is 52.1 Å². The number of hydrogen-bond acceptors (Lipinski definition) is 5. The van der Waals surface area contributed by atoms with Gasteiger partial charge < -0.3 is 19.3 Å². The van der Waals surface area contributed by atoms with E-state index < -0.39 is 17.9 Å². The van der Waals surface area contributed by atoms with E-state index >= 15 is 0 Å². The summed E-state index contributed by atoms with van der Waals surface area (Å²) in [6.07, 6.45) is 2.42. The van der Waals surface area contributed by atoms with E-state index in [0.29, 0.717) is 31.8 Å². The molecule has 1 fully saturated rings. The second kappa shape index (κ2) is 12.9. The van der Waals surface area contributed by atoms with Gasteiger partial charge in [-0.2, -0.15) is 0 Å². The summed E-state index contributed by atoms with van der Waals surface area (Å²) in [4.78, 5) is 42.5. The fourth-order valence-electron chi connectivity index (χ4n) is 4.60. The van der Waals surface area contributed by atoms with Crippen LogP contribution in [0.25, 0.3) is 0 Å². The number of methoxy groups -OCH3 is 1. The molecule has 7 heteroatoms. The number of esters is 1. The Morgan fingerprint density at radius 2 is 1.77 bits per heavy atom. The SMILES string of the molecule is CCCCN1C(=O)CCC(C(=O)OCC(=O)N(CC)Cc2ccccc2)C1c1ccccc1OC. The molecule has 1 aliphatic rings. The molecular weight excluding hydrogens is 444 g/mol. The summed E-state index contributed by atoms with van der Waals surface area (Å²) in [5.74, 6) is -0.623.